The second kappa shape index (κ2) is 6.86. The third-order valence-electron chi connectivity index (χ3n) is 3.15. The van der Waals surface area contributed by atoms with E-state index in [0.717, 1.165) is 4.47 Å². The second-order valence-corrected chi connectivity index (χ2v) is 5.50. The van der Waals surface area contributed by atoms with Crippen LogP contribution in [0.3, 0.4) is 0 Å². The summed E-state index contributed by atoms with van der Waals surface area (Å²) in [6.07, 6.45) is 0.206. The Hall–Kier alpha value is -1.39. The van der Waals surface area contributed by atoms with Gasteiger partial charge in [0.2, 0.25) is 0 Å². The summed E-state index contributed by atoms with van der Waals surface area (Å²) in [4.78, 5) is 0. The van der Waals surface area contributed by atoms with Crippen molar-refractivity contribution in [3.8, 4) is 5.75 Å². The SMILES string of the molecule is CCC(N)C(Oc1ccc(Br)cc1)c1ccccc1F. The minimum absolute atomic E-state index is 0.268. The van der Waals surface area contributed by atoms with Crippen LogP contribution in [0.1, 0.15) is 25.0 Å². The number of hydrogen-bond acceptors (Lipinski definition) is 2. The largest absolute Gasteiger partial charge is 0.484 e. The van der Waals surface area contributed by atoms with Crippen LogP contribution >= 0.6 is 15.9 Å². The monoisotopic (exact) mass is 337 g/mol. The molecule has 0 aliphatic rings. The first-order chi connectivity index (χ1) is 9.61. The van der Waals surface area contributed by atoms with Crippen molar-refractivity contribution in [2.24, 2.45) is 5.73 Å². The molecule has 0 saturated carbocycles. The smallest absolute Gasteiger partial charge is 0.142 e. The van der Waals surface area contributed by atoms with E-state index in [1.165, 1.54) is 6.07 Å². The molecule has 0 aliphatic carbocycles. The lowest BCUT2D eigenvalue weighted by atomic mass is 10.0. The molecule has 0 saturated heterocycles. The van der Waals surface area contributed by atoms with Gasteiger partial charge >= 0.3 is 0 Å². The van der Waals surface area contributed by atoms with E-state index in [1.54, 1.807) is 18.2 Å². The van der Waals surface area contributed by atoms with Crippen LogP contribution in [0.4, 0.5) is 4.39 Å². The molecule has 2 N–H and O–H groups in total. The van der Waals surface area contributed by atoms with E-state index < -0.39 is 6.10 Å². The predicted molar refractivity (Wildman–Crippen MR) is 82.2 cm³/mol. The van der Waals surface area contributed by atoms with Crippen molar-refractivity contribution >= 4 is 15.9 Å². The summed E-state index contributed by atoms with van der Waals surface area (Å²) in [6.45, 7) is 1.96. The maximum atomic E-state index is 14.0. The minimum atomic E-state index is -0.498. The van der Waals surface area contributed by atoms with E-state index in [1.807, 2.05) is 31.2 Å². The van der Waals surface area contributed by atoms with Crippen LogP contribution < -0.4 is 10.5 Å². The van der Waals surface area contributed by atoms with Gasteiger partial charge in [-0.05, 0) is 36.8 Å². The highest BCUT2D eigenvalue weighted by Crippen LogP contribution is 2.28. The number of nitrogens with two attached hydrogens (primary N) is 1. The lowest BCUT2D eigenvalue weighted by Crippen LogP contribution is -2.32. The fourth-order valence-corrected chi connectivity index (χ4v) is 2.23. The lowest BCUT2D eigenvalue weighted by molar-refractivity contribution is 0.166. The molecule has 0 bridgehead atoms. The van der Waals surface area contributed by atoms with Crippen molar-refractivity contribution in [1.82, 2.24) is 0 Å². The summed E-state index contributed by atoms with van der Waals surface area (Å²) < 4.78 is 20.8. The van der Waals surface area contributed by atoms with Gasteiger partial charge in [-0.15, -0.1) is 0 Å². The maximum absolute atomic E-state index is 14.0. The van der Waals surface area contributed by atoms with Gasteiger partial charge < -0.3 is 10.5 Å². The number of benzene rings is 2. The zero-order valence-electron chi connectivity index (χ0n) is 11.2. The lowest BCUT2D eigenvalue weighted by Gasteiger charge is -2.25. The molecule has 0 radical (unpaired) electrons. The van der Waals surface area contributed by atoms with Crippen LogP contribution in [-0.2, 0) is 0 Å². The van der Waals surface area contributed by atoms with E-state index in [4.69, 9.17) is 10.5 Å². The van der Waals surface area contributed by atoms with Crippen LogP contribution in [0.2, 0.25) is 0 Å². The average Bonchev–Trinajstić information content (AvgIpc) is 2.47. The first-order valence-corrected chi connectivity index (χ1v) is 7.33. The van der Waals surface area contributed by atoms with E-state index in [9.17, 15) is 4.39 Å². The van der Waals surface area contributed by atoms with Gasteiger partial charge in [0.25, 0.3) is 0 Å². The van der Waals surface area contributed by atoms with Crippen molar-refractivity contribution < 1.29 is 9.13 Å². The van der Waals surface area contributed by atoms with Crippen LogP contribution in [0.15, 0.2) is 53.0 Å². The molecular weight excluding hydrogens is 321 g/mol. The summed E-state index contributed by atoms with van der Waals surface area (Å²) in [5.41, 5.74) is 6.59. The Bertz CT molecular complexity index is 559. The number of ether oxygens (including phenoxy) is 1. The summed E-state index contributed by atoms with van der Waals surface area (Å²) in [6, 6.07) is 13.8. The molecule has 0 heterocycles. The molecule has 0 aromatic heterocycles. The van der Waals surface area contributed by atoms with Gasteiger partial charge in [-0.3, -0.25) is 0 Å². The van der Waals surface area contributed by atoms with E-state index in [2.05, 4.69) is 15.9 Å². The molecule has 4 heteroatoms. The average molecular weight is 338 g/mol. The first kappa shape index (κ1) is 15.0. The third kappa shape index (κ3) is 3.58. The van der Waals surface area contributed by atoms with Gasteiger partial charge in [0.1, 0.15) is 17.7 Å². The Balaban J connectivity index is 2.29. The maximum Gasteiger partial charge on any atom is 0.142 e. The molecule has 0 fully saturated rings. The van der Waals surface area contributed by atoms with Crippen molar-refractivity contribution in [3.05, 3.63) is 64.4 Å². The normalized spacial score (nSPS) is 13.8. The highest BCUT2D eigenvalue weighted by Gasteiger charge is 2.23. The first-order valence-electron chi connectivity index (χ1n) is 6.54. The van der Waals surface area contributed by atoms with Crippen molar-refractivity contribution in [1.29, 1.82) is 0 Å². The number of halogens is 2. The summed E-state index contributed by atoms with van der Waals surface area (Å²) in [5.74, 6) is 0.379. The second-order valence-electron chi connectivity index (χ2n) is 4.59. The fraction of sp³-hybridized carbons (Fsp3) is 0.250. The molecule has 0 amide bonds. The summed E-state index contributed by atoms with van der Waals surface area (Å²) in [7, 11) is 0. The number of rotatable bonds is 5. The van der Waals surface area contributed by atoms with Crippen LogP contribution in [0, 0.1) is 5.82 Å². The highest BCUT2D eigenvalue weighted by molar-refractivity contribution is 9.10. The number of hydrogen-bond donors (Lipinski definition) is 1. The molecule has 106 valence electrons. The van der Waals surface area contributed by atoms with E-state index in [-0.39, 0.29) is 11.9 Å². The molecule has 2 aromatic carbocycles. The molecule has 2 rings (SSSR count). The Labute approximate surface area is 126 Å². The Kier molecular flexibility index (Phi) is 5.15. The highest BCUT2D eigenvalue weighted by atomic mass is 79.9. The topological polar surface area (TPSA) is 35.2 Å². The van der Waals surface area contributed by atoms with Gasteiger partial charge in [0.05, 0.1) is 0 Å². The quantitative estimate of drug-likeness (QED) is 0.874. The molecule has 2 unspecified atom stereocenters. The summed E-state index contributed by atoms with van der Waals surface area (Å²) in [5, 5.41) is 0. The molecule has 0 aliphatic heterocycles. The van der Waals surface area contributed by atoms with Crippen LogP contribution in [0.25, 0.3) is 0 Å². The van der Waals surface area contributed by atoms with E-state index in [0.29, 0.717) is 17.7 Å². The van der Waals surface area contributed by atoms with Gasteiger partial charge in [-0.2, -0.15) is 0 Å². The van der Waals surface area contributed by atoms with Crippen LogP contribution in [-0.4, -0.2) is 6.04 Å². The standard InChI is InChI=1S/C16H17BrFNO/c1-2-15(19)16(13-5-3-4-6-14(13)18)20-12-9-7-11(17)8-10-12/h3-10,15-16H,2,19H2,1H3. The molecule has 0 spiro atoms. The predicted octanol–water partition coefficient (Wildman–Crippen LogP) is 4.45. The molecule has 2 nitrogen and oxygen atoms in total. The Morgan fingerprint density at radius 2 is 1.80 bits per heavy atom. The van der Waals surface area contributed by atoms with Crippen molar-refractivity contribution in [3.63, 3.8) is 0 Å². The van der Waals surface area contributed by atoms with Crippen molar-refractivity contribution in [2.75, 3.05) is 0 Å². The fourth-order valence-electron chi connectivity index (χ4n) is 1.96. The van der Waals surface area contributed by atoms with Gasteiger partial charge in [-0.25, -0.2) is 4.39 Å². The van der Waals surface area contributed by atoms with Gasteiger partial charge in [0.15, 0.2) is 0 Å². The molecule has 20 heavy (non-hydrogen) atoms. The minimum Gasteiger partial charge on any atom is -0.484 e. The van der Waals surface area contributed by atoms with Gasteiger partial charge in [0, 0.05) is 16.1 Å². The summed E-state index contributed by atoms with van der Waals surface area (Å²) >= 11 is 3.37. The zero-order chi connectivity index (χ0) is 14.5. The zero-order valence-corrected chi connectivity index (χ0v) is 12.8. The van der Waals surface area contributed by atoms with E-state index >= 15 is 0 Å². The molecule has 2 atom stereocenters. The van der Waals surface area contributed by atoms with Gasteiger partial charge in [-0.1, -0.05) is 41.1 Å². The third-order valence-corrected chi connectivity index (χ3v) is 3.68. The molecular formula is C16H17BrFNO. The Morgan fingerprint density at radius 1 is 1.15 bits per heavy atom. The van der Waals surface area contributed by atoms with Crippen molar-refractivity contribution in [2.45, 2.75) is 25.5 Å². The van der Waals surface area contributed by atoms with Crippen LogP contribution in [0.5, 0.6) is 5.75 Å². The molecule has 2 aromatic rings. The Morgan fingerprint density at radius 3 is 2.40 bits per heavy atom.